The van der Waals surface area contributed by atoms with Gasteiger partial charge in [-0.15, -0.1) is 0 Å². The SMILES string of the molecule is CCCCC1CCC2CC(C3CCc4cc(C(F)(F)F)c(F)cc4C3)CCC2C1. The Morgan fingerprint density at radius 2 is 1.55 bits per heavy atom. The number of hydrogen-bond donors (Lipinski definition) is 0. The highest BCUT2D eigenvalue weighted by Crippen LogP contribution is 2.49. The Hall–Kier alpha value is -1.06. The van der Waals surface area contributed by atoms with Crippen LogP contribution < -0.4 is 0 Å². The van der Waals surface area contributed by atoms with Crippen molar-refractivity contribution in [1.29, 1.82) is 0 Å². The van der Waals surface area contributed by atoms with Crippen LogP contribution in [0.2, 0.25) is 0 Å². The fraction of sp³-hybridized carbons (Fsp3) is 0.760. The highest BCUT2D eigenvalue weighted by atomic mass is 19.4. The summed E-state index contributed by atoms with van der Waals surface area (Å²) < 4.78 is 53.1. The minimum Gasteiger partial charge on any atom is -0.206 e. The summed E-state index contributed by atoms with van der Waals surface area (Å²) in [5.74, 6) is 2.74. The van der Waals surface area contributed by atoms with Gasteiger partial charge in [0.05, 0.1) is 5.56 Å². The van der Waals surface area contributed by atoms with Crippen LogP contribution >= 0.6 is 0 Å². The summed E-state index contributed by atoms with van der Waals surface area (Å²) in [6, 6.07) is 2.24. The van der Waals surface area contributed by atoms with Crippen molar-refractivity contribution in [3.63, 3.8) is 0 Å². The largest absolute Gasteiger partial charge is 0.419 e. The van der Waals surface area contributed by atoms with Gasteiger partial charge in [-0.25, -0.2) is 4.39 Å². The van der Waals surface area contributed by atoms with E-state index in [1.807, 2.05) is 0 Å². The Morgan fingerprint density at radius 3 is 2.28 bits per heavy atom. The van der Waals surface area contributed by atoms with E-state index >= 15 is 0 Å². The van der Waals surface area contributed by atoms with Crippen LogP contribution in [0.5, 0.6) is 0 Å². The summed E-state index contributed by atoms with van der Waals surface area (Å²) in [6.45, 7) is 2.27. The van der Waals surface area contributed by atoms with Crippen molar-refractivity contribution >= 4 is 0 Å². The van der Waals surface area contributed by atoms with Crippen LogP contribution in [0, 0.1) is 35.4 Å². The maximum Gasteiger partial charge on any atom is 0.419 e. The molecule has 3 aliphatic rings. The minimum absolute atomic E-state index is 0.511. The monoisotopic (exact) mass is 410 g/mol. The van der Waals surface area contributed by atoms with Crippen LogP contribution in [0.25, 0.3) is 0 Å². The molecule has 2 saturated carbocycles. The van der Waals surface area contributed by atoms with Crippen molar-refractivity contribution in [2.24, 2.45) is 29.6 Å². The second kappa shape index (κ2) is 8.59. The van der Waals surface area contributed by atoms with Crippen molar-refractivity contribution in [3.8, 4) is 0 Å². The molecule has 3 aliphatic carbocycles. The van der Waals surface area contributed by atoms with Crippen molar-refractivity contribution in [2.75, 3.05) is 0 Å². The van der Waals surface area contributed by atoms with Gasteiger partial charge in [0.25, 0.3) is 0 Å². The lowest BCUT2D eigenvalue weighted by atomic mass is 9.61. The van der Waals surface area contributed by atoms with E-state index in [-0.39, 0.29) is 0 Å². The smallest absolute Gasteiger partial charge is 0.206 e. The van der Waals surface area contributed by atoms with E-state index in [9.17, 15) is 17.6 Å². The number of fused-ring (bicyclic) bond motifs is 2. The van der Waals surface area contributed by atoms with E-state index in [1.165, 1.54) is 63.9 Å². The molecular weight excluding hydrogens is 376 g/mol. The average Bonchev–Trinajstić information content (AvgIpc) is 2.70. The lowest BCUT2D eigenvalue weighted by Gasteiger charge is -2.45. The van der Waals surface area contributed by atoms with Gasteiger partial charge in [-0.2, -0.15) is 13.2 Å². The number of rotatable bonds is 4. The third-order valence-corrected chi connectivity index (χ3v) is 8.26. The third kappa shape index (κ3) is 4.66. The van der Waals surface area contributed by atoms with Crippen LogP contribution in [0.3, 0.4) is 0 Å². The molecule has 0 heterocycles. The predicted octanol–water partition coefficient (Wildman–Crippen LogP) is 7.97. The molecule has 2 fully saturated rings. The number of benzene rings is 1. The van der Waals surface area contributed by atoms with Gasteiger partial charge in [0, 0.05) is 0 Å². The highest BCUT2D eigenvalue weighted by molar-refractivity contribution is 5.36. The third-order valence-electron chi connectivity index (χ3n) is 8.26. The summed E-state index contributed by atoms with van der Waals surface area (Å²) in [5, 5.41) is 0. The molecule has 0 bridgehead atoms. The number of halogens is 4. The molecule has 0 amide bonds. The van der Waals surface area contributed by atoms with Crippen LogP contribution in [0.15, 0.2) is 12.1 Å². The quantitative estimate of drug-likeness (QED) is 0.442. The van der Waals surface area contributed by atoms with Crippen molar-refractivity contribution in [1.82, 2.24) is 0 Å². The van der Waals surface area contributed by atoms with E-state index in [4.69, 9.17) is 0 Å². The topological polar surface area (TPSA) is 0 Å². The highest BCUT2D eigenvalue weighted by Gasteiger charge is 2.40. The van der Waals surface area contributed by atoms with E-state index < -0.39 is 17.6 Å². The lowest BCUT2D eigenvalue weighted by molar-refractivity contribution is -0.140. The Morgan fingerprint density at radius 1 is 0.862 bits per heavy atom. The first-order valence-corrected chi connectivity index (χ1v) is 11.7. The zero-order valence-electron chi connectivity index (χ0n) is 17.5. The number of alkyl halides is 3. The van der Waals surface area contributed by atoms with Gasteiger partial charge in [0.2, 0.25) is 0 Å². The second-order valence-electron chi connectivity index (χ2n) is 10.0. The zero-order valence-corrected chi connectivity index (χ0v) is 17.5. The van der Waals surface area contributed by atoms with E-state index in [0.29, 0.717) is 23.8 Å². The van der Waals surface area contributed by atoms with Crippen LogP contribution in [0.1, 0.15) is 87.8 Å². The molecule has 0 nitrogen and oxygen atoms in total. The van der Waals surface area contributed by atoms with E-state index in [2.05, 4.69) is 6.92 Å². The van der Waals surface area contributed by atoms with E-state index in [1.54, 1.807) is 0 Å². The van der Waals surface area contributed by atoms with Crippen LogP contribution in [-0.2, 0) is 19.0 Å². The fourth-order valence-electron chi connectivity index (χ4n) is 6.63. The van der Waals surface area contributed by atoms with Crippen LogP contribution in [0.4, 0.5) is 17.6 Å². The first-order valence-electron chi connectivity index (χ1n) is 11.7. The molecule has 0 aliphatic heterocycles. The van der Waals surface area contributed by atoms with Gasteiger partial charge < -0.3 is 0 Å². The summed E-state index contributed by atoms with van der Waals surface area (Å²) in [5.41, 5.74) is 0.423. The predicted molar refractivity (Wildman–Crippen MR) is 108 cm³/mol. The van der Waals surface area contributed by atoms with Gasteiger partial charge in [0.1, 0.15) is 5.82 Å². The maximum atomic E-state index is 14.1. The molecule has 0 spiro atoms. The Bertz CT molecular complexity index is 708. The summed E-state index contributed by atoms with van der Waals surface area (Å²) in [4.78, 5) is 0. The molecule has 0 radical (unpaired) electrons. The maximum absolute atomic E-state index is 14.1. The molecule has 5 atom stereocenters. The molecule has 0 aromatic heterocycles. The minimum atomic E-state index is -4.61. The Labute approximate surface area is 172 Å². The Balaban J connectivity index is 1.38. The van der Waals surface area contributed by atoms with Gasteiger partial charge in [-0.3, -0.25) is 0 Å². The fourth-order valence-corrected chi connectivity index (χ4v) is 6.63. The molecule has 162 valence electrons. The van der Waals surface area contributed by atoms with Gasteiger partial charge in [-0.1, -0.05) is 32.6 Å². The lowest BCUT2D eigenvalue weighted by Crippen LogP contribution is -2.35. The average molecular weight is 411 g/mol. The summed E-state index contributed by atoms with van der Waals surface area (Å²) >= 11 is 0. The van der Waals surface area contributed by atoms with Crippen molar-refractivity contribution < 1.29 is 17.6 Å². The molecule has 0 saturated heterocycles. The number of hydrogen-bond acceptors (Lipinski definition) is 0. The molecule has 5 unspecified atom stereocenters. The number of aryl methyl sites for hydroxylation is 1. The molecule has 1 aromatic carbocycles. The standard InChI is InChI=1S/C25H34F4/c1-2-3-4-16-5-6-18-12-19(8-7-17(18)11-16)20-9-10-21-14-23(25(27,28)29)24(26)15-22(21)13-20/h14-20H,2-13H2,1H3. The molecule has 1 aromatic rings. The molecule has 29 heavy (non-hydrogen) atoms. The molecule has 4 heteroatoms. The van der Waals surface area contributed by atoms with Crippen molar-refractivity contribution in [3.05, 3.63) is 34.6 Å². The first-order chi connectivity index (χ1) is 13.8. The van der Waals surface area contributed by atoms with Gasteiger partial charge in [-0.05, 0) is 104 Å². The zero-order chi connectivity index (χ0) is 20.6. The van der Waals surface area contributed by atoms with Gasteiger partial charge in [0.15, 0.2) is 0 Å². The normalized spacial score (nSPS) is 32.5. The Kier molecular flexibility index (Phi) is 6.27. The van der Waals surface area contributed by atoms with Crippen molar-refractivity contribution in [2.45, 2.75) is 90.1 Å². The van der Waals surface area contributed by atoms with Gasteiger partial charge >= 0.3 is 6.18 Å². The molecular formula is C25H34F4. The number of unbranched alkanes of at least 4 members (excludes halogenated alkanes) is 1. The first kappa shape index (κ1) is 21.2. The van der Waals surface area contributed by atoms with Crippen LogP contribution in [-0.4, -0.2) is 0 Å². The molecule has 4 rings (SSSR count). The second-order valence-corrected chi connectivity index (χ2v) is 10.0. The summed E-state index contributed by atoms with van der Waals surface area (Å²) in [6.07, 6.45) is 9.83. The molecule has 0 N–H and O–H groups in total. The summed E-state index contributed by atoms with van der Waals surface area (Å²) in [7, 11) is 0. The van der Waals surface area contributed by atoms with E-state index in [0.717, 1.165) is 42.2 Å².